The normalized spacial score (nSPS) is 14.2. The van der Waals surface area contributed by atoms with Gasteiger partial charge in [0, 0.05) is 4.92 Å². The summed E-state index contributed by atoms with van der Waals surface area (Å²) in [5.41, 5.74) is 1.39. The molecule has 0 spiro atoms. The number of aliphatic hydroxyl groups is 1. The maximum atomic E-state index is 12.1. The molecule has 0 aliphatic rings. The number of benzene rings is 2. The van der Waals surface area contributed by atoms with Crippen molar-refractivity contribution in [1.29, 1.82) is 5.26 Å². The minimum Gasteiger partial charge on any atom is -0.493 e. The molecule has 2 aromatic carbocycles. The summed E-state index contributed by atoms with van der Waals surface area (Å²) < 4.78 is 21.2. The summed E-state index contributed by atoms with van der Waals surface area (Å²) in [6, 6.07) is 11.4. The van der Waals surface area contributed by atoms with Crippen LogP contribution < -0.4 is 18.9 Å². The molecule has 0 bridgehead atoms. The van der Waals surface area contributed by atoms with E-state index in [0.717, 1.165) is 0 Å². The number of nitrogens with zero attached hydrogens (tertiary/aromatic N) is 2. The van der Waals surface area contributed by atoms with Crippen molar-refractivity contribution in [2.45, 2.75) is 56.6 Å². The Kier molecular flexibility index (Phi) is 10.6. The molecule has 0 heterocycles. The minimum absolute atomic E-state index is 0.0890. The number of ether oxygens (including phenoxy) is 4. The molecule has 0 aliphatic heterocycles. The van der Waals surface area contributed by atoms with Gasteiger partial charge in [0.05, 0.1) is 46.3 Å². The van der Waals surface area contributed by atoms with Gasteiger partial charge >= 0.3 is 0 Å². The Labute approximate surface area is 206 Å². The first-order chi connectivity index (χ1) is 16.8. The van der Waals surface area contributed by atoms with Crippen LogP contribution in [0.4, 0.5) is 0 Å². The van der Waals surface area contributed by atoms with Gasteiger partial charge in [-0.15, -0.1) is 0 Å². The van der Waals surface area contributed by atoms with E-state index in [2.05, 4.69) is 6.07 Å². The first kappa shape index (κ1) is 27.7. The highest BCUT2D eigenvalue weighted by Gasteiger charge is 2.39. The second kappa shape index (κ2) is 13.4. The van der Waals surface area contributed by atoms with E-state index in [1.54, 1.807) is 36.4 Å². The zero-order valence-electron chi connectivity index (χ0n) is 20.9. The van der Waals surface area contributed by atoms with Crippen molar-refractivity contribution in [3.63, 3.8) is 0 Å². The molecule has 0 fully saturated rings. The standard InChI is InChI=1S/C26H34N2O7/c1-6-7-20(18-10-13-23(33-3)25(15-18)35-5)26(28(30)31)21(29)11-8-19(16-27)17-9-12-22(32-2)24(14-17)34-4/h9-10,12-15,19-21,26,29H,6-8,11H2,1-5H3. The van der Waals surface area contributed by atoms with Crippen molar-refractivity contribution in [1.82, 2.24) is 0 Å². The molecule has 35 heavy (non-hydrogen) atoms. The first-order valence-corrected chi connectivity index (χ1v) is 11.5. The molecule has 0 saturated heterocycles. The van der Waals surface area contributed by atoms with Gasteiger partial charge in [-0.1, -0.05) is 25.5 Å². The predicted octanol–water partition coefficient (Wildman–Crippen LogP) is 4.70. The van der Waals surface area contributed by atoms with Gasteiger partial charge < -0.3 is 24.1 Å². The summed E-state index contributed by atoms with van der Waals surface area (Å²) in [6.45, 7) is 1.94. The van der Waals surface area contributed by atoms with Crippen LogP contribution in [0, 0.1) is 21.4 Å². The first-order valence-electron chi connectivity index (χ1n) is 11.5. The number of hydrogen-bond donors (Lipinski definition) is 1. The maximum Gasteiger partial charge on any atom is 0.245 e. The lowest BCUT2D eigenvalue weighted by molar-refractivity contribution is -0.539. The topological polar surface area (TPSA) is 124 Å². The van der Waals surface area contributed by atoms with Gasteiger partial charge in [0.1, 0.15) is 6.10 Å². The molecule has 0 saturated carbocycles. The van der Waals surface area contributed by atoms with E-state index in [-0.39, 0.29) is 12.8 Å². The Morgan fingerprint density at radius 1 is 0.886 bits per heavy atom. The second-order valence-electron chi connectivity index (χ2n) is 8.23. The molecule has 9 nitrogen and oxygen atoms in total. The molecule has 0 aromatic heterocycles. The minimum atomic E-state index is -1.24. The van der Waals surface area contributed by atoms with Crippen LogP contribution >= 0.6 is 0 Å². The molecule has 2 aromatic rings. The summed E-state index contributed by atoms with van der Waals surface area (Å²) in [7, 11) is 6.07. The average molecular weight is 487 g/mol. The highest BCUT2D eigenvalue weighted by molar-refractivity contribution is 5.45. The van der Waals surface area contributed by atoms with Gasteiger partial charge in [0.15, 0.2) is 23.0 Å². The summed E-state index contributed by atoms with van der Waals surface area (Å²) in [4.78, 5) is 11.7. The average Bonchev–Trinajstić information content (AvgIpc) is 2.87. The van der Waals surface area contributed by atoms with Crippen molar-refractivity contribution in [2.24, 2.45) is 0 Å². The molecule has 2 rings (SSSR count). The fourth-order valence-electron chi connectivity index (χ4n) is 4.37. The molecule has 0 amide bonds. The number of nitro groups is 1. The fourth-order valence-corrected chi connectivity index (χ4v) is 4.37. The molecule has 0 aliphatic carbocycles. The van der Waals surface area contributed by atoms with E-state index in [9.17, 15) is 20.5 Å². The number of nitriles is 1. The Morgan fingerprint density at radius 3 is 1.86 bits per heavy atom. The van der Waals surface area contributed by atoms with E-state index < -0.39 is 28.9 Å². The molecule has 0 radical (unpaired) electrons. The van der Waals surface area contributed by atoms with Crippen molar-refractivity contribution in [3.05, 3.63) is 57.6 Å². The van der Waals surface area contributed by atoms with E-state index >= 15 is 0 Å². The Morgan fingerprint density at radius 2 is 1.40 bits per heavy atom. The Hall–Kier alpha value is -3.51. The predicted molar refractivity (Wildman–Crippen MR) is 131 cm³/mol. The quantitative estimate of drug-likeness (QED) is 0.301. The summed E-state index contributed by atoms with van der Waals surface area (Å²) in [5.74, 6) is 0.926. The molecule has 1 N–H and O–H groups in total. The van der Waals surface area contributed by atoms with Gasteiger partial charge in [0.2, 0.25) is 6.04 Å². The van der Waals surface area contributed by atoms with Crippen LogP contribution in [0.1, 0.15) is 55.6 Å². The highest BCUT2D eigenvalue weighted by Crippen LogP contribution is 2.37. The van der Waals surface area contributed by atoms with Crippen molar-refractivity contribution >= 4 is 0 Å². The van der Waals surface area contributed by atoms with Crippen LogP contribution in [-0.2, 0) is 0 Å². The second-order valence-corrected chi connectivity index (χ2v) is 8.23. The number of rotatable bonds is 14. The van der Waals surface area contributed by atoms with E-state index in [1.807, 2.05) is 6.92 Å². The van der Waals surface area contributed by atoms with Gasteiger partial charge in [0.25, 0.3) is 0 Å². The number of methoxy groups -OCH3 is 4. The summed E-state index contributed by atoms with van der Waals surface area (Å²) >= 11 is 0. The van der Waals surface area contributed by atoms with Gasteiger partial charge in [-0.3, -0.25) is 10.1 Å². The van der Waals surface area contributed by atoms with Crippen molar-refractivity contribution in [3.8, 4) is 29.1 Å². The third-order valence-corrected chi connectivity index (χ3v) is 6.20. The fraction of sp³-hybridized carbons (Fsp3) is 0.500. The molecule has 190 valence electrons. The van der Waals surface area contributed by atoms with Crippen LogP contribution in [0.3, 0.4) is 0 Å². The van der Waals surface area contributed by atoms with E-state index in [1.165, 1.54) is 28.4 Å². The van der Waals surface area contributed by atoms with Crippen LogP contribution in [0.25, 0.3) is 0 Å². The SMILES string of the molecule is CCCC(c1ccc(OC)c(OC)c1)C(C(O)CCC(C#N)c1ccc(OC)c(OC)c1)[N+](=O)[O-]. The van der Waals surface area contributed by atoms with Crippen LogP contribution in [0.5, 0.6) is 23.0 Å². The van der Waals surface area contributed by atoms with Gasteiger partial charge in [-0.2, -0.15) is 5.26 Å². The lowest BCUT2D eigenvalue weighted by atomic mass is 9.82. The van der Waals surface area contributed by atoms with E-state index in [4.69, 9.17) is 18.9 Å². The third kappa shape index (κ3) is 6.76. The van der Waals surface area contributed by atoms with Gasteiger partial charge in [-0.25, -0.2) is 0 Å². The lowest BCUT2D eigenvalue weighted by Crippen LogP contribution is -2.39. The zero-order valence-corrected chi connectivity index (χ0v) is 20.9. The number of aliphatic hydroxyl groups excluding tert-OH is 1. The van der Waals surface area contributed by atoms with E-state index in [0.29, 0.717) is 47.0 Å². The smallest absolute Gasteiger partial charge is 0.245 e. The molecular formula is C26H34N2O7. The van der Waals surface area contributed by atoms with Crippen LogP contribution in [0.15, 0.2) is 36.4 Å². The molecule has 4 atom stereocenters. The molecular weight excluding hydrogens is 452 g/mol. The van der Waals surface area contributed by atoms with Crippen LogP contribution in [0.2, 0.25) is 0 Å². The zero-order chi connectivity index (χ0) is 26.0. The number of hydrogen-bond acceptors (Lipinski definition) is 8. The van der Waals surface area contributed by atoms with Crippen LogP contribution in [-0.4, -0.2) is 50.6 Å². The largest absolute Gasteiger partial charge is 0.493 e. The highest BCUT2D eigenvalue weighted by atomic mass is 16.6. The Bertz CT molecular complexity index is 1020. The monoisotopic (exact) mass is 486 g/mol. The van der Waals surface area contributed by atoms with Crippen molar-refractivity contribution < 1.29 is 29.0 Å². The van der Waals surface area contributed by atoms with Gasteiger partial charge in [-0.05, 0) is 54.7 Å². The third-order valence-electron chi connectivity index (χ3n) is 6.20. The lowest BCUT2D eigenvalue weighted by Gasteiger charge is -2.26. The summed E-state index contributed by atoms with van der Waals surface area (Å²) in [6.07, 6.45) is 0.303. The molecule has 9 heteroatoms. The van der Waals surface area contributed by atoms with Crippen molar-refractivity contribution in [2.75, 3.05) is 28.4 Å². The summed E-state index contributed by atoms with van der Waals surface area (Å²) in [5, 5.41) is 32.9. The maximum absolute atomic E-state index is 12.1. The Balaban J connectivity index is 2.28. The molecule has 4 unspecified atom stereocenters.